The van der Waals surface area contributed by atoms with Crippen molar-refractivity contribution in [2.24, 2.45) is 0 Å². The van der Waals surface area contributed by atoms with Gasteiger partial charge in [0, 0.05) is 0 Å². The lowest BCUT2D eigenvalue weighted by molar-refractivity contribution is -0.123. The summed E-state index contributed by atoms with van der Waals surface area (Å²) >= 11 is 0. The Hall–Kier alpha value is -0.0800. The Labute approximate surface area is 56.8 Å². The van der Waals surface area contributed by atoms with Gasteiger partial charge in [-0.1, -0.05) is 6.92 Å². The third-order valence-corrected chi connectivity index (χ3v) is 1.98. The molecule has 1 aliphatic heterocycles. The molecule has 0 radical (unpaired) electrons. The van der Waals surface area contributed by atoms with Crippen LogP contribution in [0.1, 0.15) is 13.3 Å². The second kappa shape index (κ2) is 2.67. The molecule has 1 aliphatic rings. The highest BCUT2D eigenvalue weighted by Gasteiger charge is 2.31. The first-order chi connectivity index (χ1) is 4.25. The molecule has 0 aromatic heterocycles. The first-order valence-electron chi connectivity index (χ1n) is 3.53. The zero-order valence-electron chi connectivity index (χ0n) is 6.42. The number of likely N-dealkylation sites (N-methyl/N-ethyl adjacent to an activating group) is 1. The van der Waals surface area contributed by atoms with Crippen LogP contribution in [0.4, 0.5) is 0 Å². The lowest BCUT2D eigenvalue weighted by atomic mass is 10.0. The van der Waals surface area contributed by atoms with E-state index in [4.69, 9.17) is 4.74 Å². The Morgan fingerprint density at radius 2 is 2.22 bits per heavy atom. The van der Waals surface area contributed by atoms with E-state index in [1.54, 1.807) is 0 Å². The molecule has 0 aromatic rings. The smallest absolute Gasteiger partial charge is 0.0750 e. The second-order valence-electron chi connectivity index (χ2n) is 2.81. The Balaban J connectivity index is 2.27. The fraction of sp³-hybridized carbons (Fsp3) is 1.00. The van der Waals surface area contributed by atoms with Crippen molar-refractivity contribution in [2.75, 3.05) is 20.7 Å². The fourth-order valence-electron chi connectivity index (χ4n) is 1.19. The maximum Gasteiger partial charge on any atom is 0.0750 e. The van der Waals surface area contributed by atoms with Gasteiger partial charge in [0.2, 0.25) is 0 Å². The van der Waals surface area contributed by atoms with Crippen LogP contribution in [0.25, 0.3) is 0 Å². The van der Waals surface area contributed by atoms with Crippen molar-refractivity contribution in [3.8, 4) is 0 Å². The molecule has 2 heteroatoms. The van der Waals surface area contributed by atoms with Crippen molar-refractivity contribution in [1.29, 1.82) is 0 Å². The van der Waals surface area contributed by atoms with Crippen molar-refractivity contribution in [1.82, 2.24) is 4.90 Å². The zero-order valence-corrected chi connectivity index (χ0v) is 6.42. The molecule has 0 aromatic carbocycles. The lowest BCUT2D eigenvalue weighted by Gasteiger charge is -2.40. The van der Waals surface area contributed by atoms with Crippen LogP contribution in [0, 0.1) is 0 Å². The Morgan fingerprint density at radius 1 is 1.56 bits per heavy atom. The van der Waals surface area contributed by atoms with Crippen molar-refractivity contribution in [2.45, 2.75) is 25.5 Å². The highest BCUT2D eigenvalue weighted by atomic mass is 16.5. The predicted molar refractivity (Wildman–Crippen MR) is 37.5 cm³/mol. The van der Waals surface area contributed by atoms with Crippen LogP contribution in [0.5, 0.6) is 0 Å². The van der Waals surface area contributed by atoms with Crippen molar-refractivity contribution in [3.63, 3.8) is 0 Å². The van der Waals surface area contributed by atoms with Gasteiger partial charge in [-0.05, 0) is 20.5 Å². The lowest BCUT2D eigenvalue weighted by Crippen LogP contribution is -2.52. The largest absolute Gasteiger partial charge is 0.375 e. The molecule has 9 heavy (non-hydrogen) atoms. The van der Waals surface area contributed by atoms with Crippen molar-refractivity contribution >= 4 is 0 Å². The molecule has 1 heterocycles. The van der Waals surface area contributed by atoms with Gasteiger partial charge in [0.15, 0.2) is 0 Å². The maximum atomic E-state index is 5.31. The number of ether oxygens (including phenoxy) is 1. The Morgan fingerprint density at radius 3 is 2.33 bits per heavy atom. The fourth-order valence-corrected chi connectivity index (χ4v) is 1.19. The monoisotopic (exact) mass is 129 g/mol. The van der Waals surface area contributed by atoms with Gasteiger partial charge < -0.3 is 9.64 Å². The molecule has 54 valence electrons. The SMILES string of the molecule is CCC1OCC1N(C)C. The summed E-state index contributed by atoms with van der Waals surface area (Å²) in [5, 5.41) is 0. The summed E-state index contributed by atoms with van der Waals surface area (Å²) in [4.78, 5) is 2.23. The molecule has 0 bridgehead atoms. The van der Waals surface area contributed by atoms with Gasteiger partial charge in [-0.25, -0.2) is 0 Å². The van der Waals surface area contributed by atoms with Crippen molar-refractivity contribution in [3.05, 3.63) is 0 Å². The molecule has 1 saturated heterocycles. The maximum absolute atomic E-state index is 5.31. The number of nitrogens with zero attached hydrogens (tertiary/aromatic N) is 1. The Bertz CT molecular complexity index is 90.9. The van der Waals surface area contributed by atoms with Crippen LogP contribution >= 0.6 is 0 Å². The minimum atomic E-state index is 0.500. The zero-order chi connectivity index (χ0) is 6.85. The molecular weight excluding hydrogens is 114 g/mol. The molecule has 0 aliphatic carbocycles. The summed E-state index contributed by atoms with van der Waals surface area (Å²) in [6.45, 7) is 3.09. The van der Waals surface area contributed by atoms with Crippen LogP contribution < -0.4 is 0 Å². The standard InChI is InChI=1S/C7H15NO/c1-4-7-6(5-9-7)8(2)3/h6-7H,4-5H2,1-3H3. The number of hydrogen-bond acceptors (Lipinski definition) is 2. The van der Waals surface area contributed by atoms with Gasteiger partial charge in [0.25, 0.3) is 0 Å². The Kier molecular flexibility index (Phi) is 2.09. The molecular formula is C7H15NO. The summed E-state index contributed by atoms with van der Waals surface area (Å²) in [5.74, 6) is 0. The molecule has 0 N–H and O–H groups in total. The minimum absolute atomic E-state index is 0.500. The summed E-state index contributed by atoms with van der Waals surface area (Å²) in [6, 6.07) is 0.676. The van der Waals surface area contributed by atoms with E-state index < -0.39 is 0 Å². The van der Waals surface area contributed by atoms with Crippen LogP contribution in [-0.4, -0.2) is 37.7 Å². The third kappa shape index (κ3) is 1.25. The molecule has 0 saturated carbocycles. The van der Waals surface area contributed by atoms with E-state index in [0.717, 1.165) is 13.0 Å². The van der Waals surface area contributed by atoms with E-state index in [0.29, 0.717) is 12.1 Å². The van der Waals surface area contributed by atoms with E-state index in [-0.39, 0.29) is 0 Å². The molecule has 1 fully saturated rings. The highest BCUT2D eigenvalue weighted by molar-refractivity contribution is 4.83. The molecule has 2 unspecified atom stereocenters. The minimum Gasteiger partial charge on any atom is -0.375 e. The third-order valence-electron chi connectivity index (χ3n) is 1.98. The van der Waals surface area contributed by atoms with E-state index in [1.807, 2.05) is 0 Å². The topological polar surface area (TPSA) is 12.5 Å². The van der Waals surface area contributed by atoms with E-state index in [1.165, 1.54) is 0 Å². The van der Waals surface area contributed by atoms with Gasteiger partial charge in [0.1, 0.15) is 0 Å². The van der Waals surface area contributed by atoms with Crippen LogP contribution in [0.3, 0.4) is 0 Å². The molecule has 0 amide bonds. The summed E-state index contributed by atoms with van der Waals surface area (Å²) in [6.07, 6.45) is 1.64. The van der Waals surface area contributed by atoms with Gasteiger partial charge in [-0.3, -0.25) is 0 Å². The van der Waals surface area contributed by atoms with Gasteiger partial charge in [-0.15, -0.1) is 0 Å². The normalized spacial score (nSPS) is 34.7. The van der Waals surface area contributed by atoms with E-state index >= 15 is 0 Å². The van der Waals surface area contributed by atoms with Crippen molar-refractivity contribution < 1.29 is 4.74 Å². The summed E-state index contributed by atoms with van der Waals surface area (Å²) < 4.78 is 5.31. The van der Waals surface area contributed by atoms with Gasteiger partial charge >= 0.3 is 0 Å². The average Bonchev–Trinajstić information content (AvgIpc) is 1.61. The highest BCUT2D eigenvalue weighted by Crippen LogP contribution is 2.18. The summed E-state index contributed by atoms with van der Waals surface area (Å²) in [5.41, 5.74) is 0. The predicted octanol–water partition coefficient (Wildman–Crippen LogP) is 0.725. The van der Waals surface area contributed by atoms with E-state index in [9.17, 15) is 0 Å². The molecule has 2 nitrogen and oxygen atoms in total. The number of rotatable bonds is 2. The van der Waals surface area contributed by atoms with Crippen LogP contribution in [0.15, 0.2) is 0 Å². The second-order valence-corrected chi connectivity index (χ2v) is 2.81. The number of hydrogen-bond donors (Lipinski definition) is 0. The summed E-state index contributed by atoms with van der Waals surface area (Å²) in [7, 11) is 4.21. The molecule has 2 atom stereocenters. The van der Waals surface area contributed by atoms with Crippen LogP contribution in [-0.2, 0) is 4.74 Å². The van der Waals surface area contributed by atoms with Crippen LogP contribution in [0.2, 0.25) is 0 Å². The van der Waals surface area contributed by atoms with Gasteiger partial charge in [0.05, 0.1) is 18.8 Å². The quantitative estimate of drug-likeness (QED) is 0.545. The van der Waals surface area contributed by atoms with Gasteiger partial charge in [-0.2, -0.15) is 0 Å². The first-order valence-corrected chi connectivity index (χ1v) is 3.53. The molecule has 1 rings (SSSR count). The molecule has 0 spiro atoms. The van der Waals surface area contributed by atoms with E-state index in [2.05, 4.69) is 25.9 Å². The average molecular weight is 129 g/mol. The first kappa shape index (κ1) is 7.03.